The first-order chi connectivity index (χ1) is 10.1. The molecule has 1 aromatic heterocycles. The van der Waals surface area contributed by atoms with Gasteiger partial charge in [-0.2, -0.15) is 5.10 Å². The first kappa shape index (κ1) is 15.0. The van der Waals surface area contributed by atoms with Crippen LogP contribution in [0.15, 0.2) is 36.9 Å². The lowest BCUT2D eigenvalue weighted by molar-refractivity contribution is -0.115. The molecule has 2 aromatic rings. The Morgan fingerprint density at radius 2 is 2.43 bits per heavy atom. The summed E-state index contributed by atoms with van der Waals surface area (Å²) < 4.78 is 7.31. The Morgan fingerprint density at radius 3 is 3.14 bits per heavy atom. The summed E-state index contributed by atoms with van der Waals surface area (Å²) >= 11 is 5.10. The topological polar surface area (TPSA) is 71.9 Å². The summed E-state index contributed by atoms with van der Waals surface area (Å²) in [5, 5.41) is 9.54. The third-order valence-electron chi connectivity index (χ3n) is 2.82. The Kier molecular flexibility index (Phi) is 4.89. The highest BCUT2D eigenvalue weighted by molar-refractivity contribution is 7.71. The molecule has 7 heteroatoms. The number of carbonyl (C=O) groups excluding carboxylic acids is 1. The van der Waals surface area contributed by atoms with Gasteiger partial charge in [0.05, 0.1) is 13.5 Å². The van der Waals surface area contributed by atoms with E-state index in [0.717, 1.165) is 0 Å². The van der Waals surface area contributed by atoms with Crippen molar-refractivity contribution < 1.29 is 9.53 Å². The fraction of sp³-hybridized carbons (Fsp3) is 0.214. The molecule has 1 amide bonds. The van der Waals surface area contributed by atoms with Gasteiger partial charge in [-0.1, -0.05) is 12.1 Å². The molecule has 0 aliphatic heterocycles. The molecule has 0 saturated heterocycles. The van der Waals surface area contributed by atoms with Gasteiger partial charge in [0.15, 0.2) is 4.77 Å². The maximum atomic E-state index is 12.1. The number of nitrogens with one attached hydrogen (secondary N) is 2. The van der Waals surface area contributed by atoms with E-state index in [1.807, 2.05) is 12.1 Å². The number of anilines is 1. The molecule has 2 N–H and O–H groups in total. The number of benzene rings is 1. The average molecular weight is 304 g/mol. The molecule has 1 heterocycles. The second kappa shape index (κ2) is 6.85. The molecule has 1 aromatic carbocycles. The summed E-state index contributed by atoms with van der Waals surface area (Å²) in [6.45, 7) is 4.17. The van der Waals surface area contributed by atoms with Gasteiger partial charge in [0.25, 0.3) is 0 Å². The van der Waals surface area contributed by atoms with E-state index in [4.69, 9.17) is 17.0 Å². The zero-order valence-corrected chi connectivity index (χ0v) is 12.4. The number of nitrogens with zero attached hydrogens (tertiary/aromatic N) is 2. The Balaban J connectivity index is 2.08. The van der Waals surface area contributed by atoms with Crippen molar-refractivity contribution in [1.29, 1.82) is 0 Å². The second-order valence-electron chi connectivity index (χ2n) is 4.30. The highest BCUT2D eigenvalue weighted by atomic mass is 32.1. The standard InChI is InChI=1S/C14H16N4O2S/c1-3-7-18-12(16-17-14(18)21)9-13(19)15-10-5-4-6-11(8-10)20-2/h3-6,8H,1,7,9H2,2H3,(H,15,19)(H,17,21). The quantitative estimate of drug-likeness (QED) is 0.634. The number of methoxy groups -OCH3 is 1. The number of allylic oxidation sites excluding steroid dienone is 1. The van der Waals surface area contributed by atoms with E-state index in [0.29, 0.717) is 28.6 Å². The maximum absolute atomic E-state index is 12.1. The van der Waals surface area contributed by atoms with Crippen molar-refractivity contribution in [3.8, 4) is 5.75 Å². The number of ether oxygens (including phenoxy) is 1. The van der Waals surface area contributed by atoms with Crippen LogP contribution in [0.25, 0.3) is 0 Å². The molecule has 0 saturated carbocycles. The van der Waals surface area contributed by atoms with Crippen LogP contribution in [0, 0.1) is 4.77 Å². The molecule has 0 fully saturated rings. The van der Waals surface area contributed by atoms with Crippen LogP contribution in [-0.4, -0.2) is 27.8 Å². The number of amides is 1. The summed E-state index contributed by atoms with van der Waals surface area (Å²) in [7, 11) is 1.58. The predicted molar refractivity (Wildman–Crippen MR) is 82.9 cm³/mol. The number of carbonyl (C=O) groups is 1. The van der Waals surface area contributed by atoms with Crippen LogP contribution in [0.1, 0.15) is 5.82 Å². The van der Waals surface area contributed by atoms with Gasteiger partial charge in [0, 0.05) is 18.3 Å². The van der Waals surface area contributed by atoms with Crippen LogP contribution in [0.3, 0.4) is 0 Å². The van der Waals surface area contributed by atoms with Crippen LogP contribution in [-0.2, 0) is 17.8 Å². The van der Waals surface area contributed by atoms with E-state index >= 15 is 0 Å². The van der Waals surface area contributed by atoms with E-state index in [9.17, 15) is 4.79 Å². The molecule has 0 unspecified atom stereocenters. The van der Waals surface area contributed by atoms with Gasteiger partial charge < -0.3 is 10.1 Å². The first-order valence-corrected chi connectivity index (χ1v) is 6.73. The van der Waals surface area contributed by atoms with Crippen molar-refractivity contribution in [2.24, 2.45) is 0 Å². The Morgan fingerprint density at radius 1 is 1.62 bits per heavy atom. The SMILES string of the molecule is C=CCn1c(CC(=O)Nc2cccc(OC)c2)n[nH]c1=S. The third-order valence-corrected chi connectivity index (χ3v) is 3.13. The van der Waals surface area contributed by atoms with Gasteiger partial charge in [0.2, 0.25) is 5.91 Å². The van der Waals surface area contributed by atoms with Gasteiger partial charge in [-0.15, -0.1) is 6.58 Å². The fourth-order valence-electron chi connectivity index (χ4n) is 1.85. The lowest BCUT2D eigenvalue weighted by atomic mass is 10.3. The van der Waals surface area contributed by atoms with Gasteiger partial charge in [-0.05, 0) is 24.4 Å². The van der Waals surface area contributed by atoms with Crippen LogP contribution >= 0.6 is 12.2 Å². The molecule has 0 spiro atoms. The number of aromatic nitrogens is 3. The van der Waals surface area contributed by atoms with E-state index in [1.165, 1.54) is 0 Å². The molecular formula is C14H16N4O2S. The van der Waals surface area contributed by atoms with Gasteiger partial charge in [0.1, 0.15) is 11.6 Å². The van der Waals surface area contributed by atoms with E-state index in [1.54, 1.807) is 29.9 Å². The zero-order valence-electron chi connectivity index (χ0n) is 11.6. The highest BCUT2D eigenvalue weighted by Gasteiger charge is 2.11. The lowest BCUT2D eigenvalue weighted by Gasteiger charge is -2.07. The van der Waals surface area contributed by atoms with Crippen molar-refractivity contribution >= 4 is 23.8 Å². The van der Waals surface area contributed by atoms with Crippen LogP contribution in [0.5, 0.6) is 5.75 Å². The second-order valence-corrected chi connectivity index (χ2v) is 4.69. The number of hydrogen-bond donors (Lipinski definition) is 2. The number of rotatable bonds is 6. The minimum Gasteiger partial charge on any atom is -0.497 e. The fourth-order valence-corrected chi connectivity index (χ4v) is 2.08. The van der Waals surface area contributed by atoms with Crippen LogP contribution in [0.2, 0.25) is 0 Å². The van der Waals surface area contributed by atoms with Gasteiger partial charge >= 0.3 is 0 Å². The molecule has 21 heavy (non-hydrogen) atoms. The normalized spacial score (nSPS) is 10.1. The molecule has 0 bridgehead atoms. The number of hydrogen-bond acceptors (Lipinski definition) is 4. The van der Waals surface area contributed by atoms with Crippen molar-refractivity contribution in [2.75, 3.05) is 12.4 Å². The largest absolute Gasteiger partial charge is 0.497 e. The predicted octanol–water partition coefficient (Wildman–Crippen LogP) is 2.32. The van der Waals surface area contributed by atoms with E-state index in [2.05, 4.69) is 22.1 Å². The van der Waals surface area contributed by atoms with Crippen molar-refractivity contribution in [3.63, 3.8) is 0 Å². The number of H-pyrrole nitrogens is 1. The Hall–Kier alpha value is -2.41. The average Bonchev–Trinajstić information content (AvgIpc) is 2.81. The minimum absolute atomic E-state index is 0.123. The first-order valence-electron chi connectivity index (χ1n) is 6.33. The third kappa shape index (κ3) is 3.79. The summed E-state index contributed by atoms with van der Waals surface area (Å²) in [5.74, 6) is 1.07. The summed E-state index contributed by atoms with van der Waals surface area (Å²) in [5.41, 5.74) is 0.670. The van der Waals surface area contributed by atoms with Gasteiger partial charge in [-0.25, -0.2) is 0 Å². The zero-order chi connectivity index (χ0) is 15.2. The summed E-state index contributed by atoms with van der Waals surface area (Å²) in [6, 6.07) is 7.16. The molecule has 0 aliphatic carbocycles. The van der Waals surface area contributed by atoms with Gasteiger partial charge in [-0.3, -0.25) is 14.5 Å². The Bertz CT molecular complexity index is 705. The molecule has 2 rings (SSSR count). The molecule has 0 radical (unpaired) electrons. The summed E-state index contributed by atoms with van der Waals surface area (Å²) in [6.07, 6.45) is 1.83. The molecule has 0 aliphatic rings. The Labute approximate surface area is 127 Å². The van der Waals surface area contributed by atoms with E-state index < -0.39 is 0 Å². The van der Waals surface area contributed by atoms with Crippen molar-refractivity contribution in [2.45, 2.75) is 13.0 Å². The lowest BCUT2D eigenvalue weighted by Crippen LogP contribution is -2.17. The smallest absolute Gasteiger partial charge is 0.232 e. The molecule has 6 nitrogen and oxygen atoms in total. The maximum Gasteiger partial charge on any atom is 0.232 e. The summed E-state index contributed by atoms with van der Waals surface area (Å²) in [4.78, 5) is 12.1. The number of aromatic amines is 1. The molecular weight excluding hydrogens is 288 g/mol. The monoisotopic (exact) mass is 304 g/mol. The van der Waals surface area contributed by atoms with Crippen LogP contribution in [0.4, 0.5) is 5.69 Å². The molecule has 110 valence electrons. The highest BCUT2D eigenvalue weighted by Crippen LogP contribution is 2.16. The van der Waals surface area contributed by atoms with Crippen molar-refractivity contribution in [3.05, 3.63) is 47.5 Å². The molecule has 0 atom stereocenters. The van der Waals surface area contributed by atoms with Crippen LogP contribution < -0.4 is 10.1 Å². The van der Waals surface area contributed by atoms with E-state index in [-0.39, 0.29) is 12.3 Å². The van der Waals surface area contributed by atoms with Crippen molar-refractivity contribution in [1.82, 2.24) is 14.8 Å². The minimum atomic E-state index is -0.178.